The molecule has 15 heteroatoms. The summed E-state index contributed by atoms with van der Waals surface area (Å²) in [4.78, 5) is 30.3. The van der Waals surface area contributed by atoms with E-state index in [0.717, 1.165) is 17.8 Å². The number of carbonyl (C=O) groups excluding carboxylic acids is 2. The highest BCUT2D eigenvalue weighted by Gasteiger charge is 2.39. The molecule has 1 aromatic heterocycles. The van der Waals surface area contributed by atoms with E-state index in [1.165, 1.54) is 17.8 Å². The summed E-state index contributed by atoms with van der Waals surface area (Å²) in [6, 6.07) is 5.91. The molecule has 2 aliphatic rings. The van der Waals surface area contributed by atoms with Gasteiger partial charge in [-0.3, -0.25) is 14.3 Å². The number of thioether (sulfide) groups is 1. The van der Waals surface area contributed by atoms with Crippen molar-refractivity contribution in [3.63, 3.8) is 0 Å². The van der Waals surface area contributed by atoms with Crippen molar-refractivity contribution in [1.29, 1.82) is 0 Å². The maximum Gasteiger partial charge on any atom is 0.416 e. The van der Waals surface area contributed by atoms with Crippen LogP contribution >= 0.6 is 11.8 Å². The molecule has 0 radical (unpaired) electrons. The van der Waals surface area contributed by atoms with Gasteiger partial charge in [-0.2, -0.15) is 36.4 Å². The molecule has 3 heterocycles. The summed E-state index contributed by atoms with van der Waals surface area (Å²) >= 11 is 1.13. The number of aliphatic hydroxyl groups is 1. The molecule has 0 spiro atoms. The summed E-state index contributed by atoms with van der Waals surface area (Å²) in [6.07, 6.45) is -6.40. The molecule has 0 saturated carbocycles. The molecule has 2 aromatic carbocycles. The number of fused-ring (bicyclic) bond motifs is 1. The number of hydrogen-bond donors (Lipinski definition) is 2. The number of carbonyl (C=O) groups is 2. The average Bonchev–Trinajstić information content (AvgIpc) is 3.59. The van der Waals surface area contributed by atoms with Crippen LogP contribution in [0, 0.1) is 0 Å². The van der Waals surface area contributed by atoms with Crippen LogP contribution in [-0.2, 0) is 28.5 Å². The van der Waals surface area contributed by atoms with Crippen molar-refractivity contribution in [1.82, 2.24) is 20.0 Å². The van der Waals surface area contributed by atoms with E-state index in [0.29, 0.717) is 45.6 Å². The van der Waals surface area contributed by atoms with E-state index >= 15 is 0 Å². The van der Waals surface area contributed by atoms with Crippen molar-refractivity contribution < 1.29 is 41.0 Å². The minimum atomic E-state index is -5.00. The van der Waals surface area contributed by atoms with Gasteiger partial charge in [-0.15, -0.1) is 0 Å². The lowest BCUT2D eigenvalue weighted by Gasteiger charge is -2.23. The summed E-state index contributed by atoms with van der Waals surface area (Å²) in [5.41, 5.74) is -2.11. The van der Waals surface area contributed by atoms with E-state index in [1.807, 2.05) is 0 Å². The Morgan fingerprint density at radius 2 is 1.90 bits per heavy atom. The summed E-state index contributed by atoms with van der Waals surface area (Å²) in [5, 5.41) is 17.7. The number of hydrogen-bond acceptors (Lipinski definition) is 6. The van der Waals surface area contributed by atoms with Crippen LogP contribution in [0.15, 0.2) is 52.5 Å². The molecule has 2 aliphatic heterocycles. The van der Waals surface area contributed by atoms with Crippen LogP contribution in [0.25, 0.3) is 17.0 Å². The highest BCUT2D eigenvalue weighted by Crippen LogP contribution is 2.38. The zero-order valence-corrected chi connectivity index (χ0v) is 22.6. The minimum Gasteiger partial charge on any atom is -0.394 e. The largest absolute Gasteiger partial charge is 0.416 e. The summed E-state index contributed by atoms with van der Waals surface area (Å²) in [5.74, 6) is -0.678. The van der Waals surface area contributed by atoms with Gasteiger partial charge in [0.15, 0.2) is 5.17 Å². The molecule has 2 amide bonds. The molecule has 0 bridgehead atoms. The Morgan fingerprint density at radius 1 is 1.14 bits per heavy atom. The highest BCUT2D eigenvalue weighted by molar-refractivity contribution is 8.18. The number of aliphatic hydroxyl groups excluding tert-OH is 1. The summed E-state index contributed by atoms with van der Waals surface area (Å²) in [7, 11) is 0. The molecule has 222 valence electrons. The van der Waals surface area contributed by atoms with Crippen LogP contribution in [0.4, 0.5) is 26.3 Å². The number of aromatic nitrogens is 2. The average molecular weight is 612 g/mol. The third-order valence-electron chi connectivity index (χ3n) is 6.91. The van der Waals surface area contributed by atoms with Crippen LogP contribution < -0.4 is 5.32 Å². The fourth-order valence-corrected chi connectivity index (χ4v) is 6.02. The predicted molar refractivity (Wildman–Crippen MR) is 143 cm³/mol. The van der Waals surface area contributed by atoms with E-state index in [9.17, 15) is 41.0 Å². The predicted octanol–water partition coefficient (Wildman–Crippen LogP) is 4.66. The van der Waals surface area contributed by atoms with E-state index in [1.54, 1.807) is 29.2 Å². The Bertz CT molecular complexity index is 1610. The fraction of sp³-hybridized carbons (Fsp3) is 0.333. The molecule has 1 fully saturated rings. The van der Waals surface area contributed by atoms with Gasteiger partial charge in [0.25, 0.3) is 5.91 Å². The Balaban J connectivity index is 1.35. The number of alkyl halides is 6. The molecule has 2 atom stereocenters. The molecule has 1 saturated heterocycles. The molecular weight excluding hydrogens is 588 g/mol. The first kappa shape index (κ1) is 29.6. The first-order valence-electron chi connectivity index (χ1n) is 12.6. The number of nitrogens with zero attached hydrogens (tertiary/aromatic N) is 4. The lowest BCUT2D eigenvalue weighted by atomic mass is 10.0. The Kier molecular flexibility index (Phi) is 7.83. The third-order valence-corrected chi connectivity index (χ3v) is 7.93. The van der Waals surface area contributed by atoms with Crippen LogP contribution in [-0.4, -0.2) is 62.0 Å². The van der Waals surface area contributed by atoms with Crippen molar-refractivity contribution in [2.75, 3.05) is 13.2 Å². The number of halogens is 6. The highest BCUT2D eigenvalue weighted by atomic mass is 32.2. The van der Waals surface area contributed by atoms with Crippen LogP contribution in [0.3, 0.4) is 0 Å². The molecule has 42 heavy (non-hydrogen) atoms. The number of benzene rings is 2. The quantitative estimate of drug-likeness (QED) is 0.322. The minimum absolute atomic E-state index is 0.100. The van der Waals surface area contributed by atoms with Crippen molar-refractivity contribution in [2.45, 2.75) is 44.3 Å². The number of aliphatic imine (C=N–C) groups is 1. The van der Waals surface area contributed by atoms with E-state index in [-0.39, 0.29) is 36.2 Å². The molecular formula is C27H23F6N5O3S. The smallest absolute Gasteiger partial charge is 0.394 e. The normalized spacial score (nSPS) is 20.6. The molecule has 3 aromatic rings. The van der Waals surface area contributed by atoms with Gasteiger partial charge in [-0.05, 0) is 59.7 Å². The Morgan fingerprint density at radius 3 is 2.57 bits per heavy atom. The van der Waals surface area contributed by atoms with Crippen LogP contribution in [0.2, 0.25) is 0 Å². The number of nitrogens with one attached hydrogen (secondary N) is 1. The first-order chi connectivity index (χ1) is 19.7. The van der Waals surface area contributed by atoms with E-state index in [4.69, 9.17) is 0 Å². The van der Waals surface area contributed by atoms with Gasteiger partial charge in [-0.1, -0.05) is 12.1 Å². The van der Waals surface area contributed by atoms with Gasteiger partial charge in [0.05, 0.1) is 46.9 Å². The Hall–Kier alpha value is -3.85. The molecule has 8 nitrogen and oxygen atoms in total. The SMILES string of the molecule is CC(=O)N[C@@H]1C[C@H](CO)N(C2=NC(=O)/C(=C\c3ccc4c(cnn4Cc4ccc(C(F)(F)F)cc4C(F)(F)F)c3)S2)C1. The van der Waals surface area contributed by atoms with Crippen molar-refractivity contribution >= 4 is 45.7 Å². The van der Waals surface area contributed by atoms with Crippen molar-refractivity contribution in [3.8, 4) is 0 Å². The lowest BCUT2D eigenvalue weighted by Crippen LogP contribution is -2.38. The Labute approximate surface area is 239 Å². The summed E-state index contributed by atoms with van der Waals surface area (Å²) in [6.45, 7) is 1.19. The topological polar surface area (TPSA) is 99.8 Å². The number of likely N-dealkylation sites (tertiary alicyclic amines) is 1. The van der Waals surface area contributed by atoms with Crippen molar-refractivity contribution in [2.24, 2.45) is 4.99 Å². The van der Waals surface area contributed by atoms with Gasteiger partial charge in [0.1, 0.15) is 0 Å². The molecule has 0 unspecified atom stereocenters. The van der Waals surface area contributed by atoms with Gasteiger partial charge in [-0.25, -0.2) is 0 Å². The van der Waals surface area contributed by atoms with Gasteiger partial charge >= 0.3 is 12.4 Å². The molecule has 5 rings (SSSR count). The van der Waals surface area contributed by atoms with Crippen LogP contribution in [0.1, 0.15) is 35.6 Å². The van der Waals surface area contributed by atoms with Gasteiger partial charge in [0, 0.05) is 24.9 Å². The second-order valence-electron chi connectivity index (χ2n) is 9.92. The maximum absolute atomic E-state index is 13.6. The third kappa shape index (κ3) is 6.16. The molecule has 2 N–H and O–H groups in total. The van der Waals surface area contributed by atoms with Gasteiger partial charge in [0.2, 0.25) is 5.91 Å². The molecule has 0 aliphatic carbocycles. The second kappa shape index (κ2) is 11.1. The number of amides is 2. The fourth-order valence-electron chi connectivity index (χ4n) is 5.03. The van der Waals surface area contributed by atoms with Gasteiger partial charge < -0.3 is 15.3 Å². The van der Waals surface area contributed by atoms with E-state index < -0.39 is 35.9 Å². The zero-order chi connectivity index (χ0) is 30.4. The van der Waals surface area contributed by atoms with E-state index in [2.05, 4.69) is 15.4 Å². The zero-order valence-electron chi connectivity index (χ0n) is 21.8. The number of amidine groups is 1. The second-order valence-corrected chi connectivity index (χ2v) is 10.9. The monoisotopic (exact) mass is 611 g/mol. The number of rotatable bonds is 5. The van der Waals surface area contributed by atoms with Crippen LogP contribution in [0.5, 0.6) is 0 Å². The maximum atomic E-state index is 13.6. The van der Waals surface area contributed by atoms with Crippen molar-refractivity contribution in [3.05, 3.63) is 69.8 Å². The standard InChI is InChI=1S/C27H23F6N5O3S/c1-14(40)35-19-9-20(13-39)37(12-19)25-36-24(41)23(42-25)7-15-2-5-22-17(6-15)10-34-38(22)11-16-3-4-18(26(28,29)30)8-21(16)27(31,32)33/h2-8,10,19-20,39H,9,11-13H2,1H3,(H,35,40)/b23-7+/t19-,20-/m1/s1. The lowest BCUT2D eigenvalue weighted by molar-refractivity contribution is -0.143. The first-order valence-corrected chi connectivity index (χ1v) is 13.4. The summed E-state index contributed by atoms with van der Waals surface area (Å²) < 4.78 is 81.1.